The van der Waals surface area contributed by atoms with E-state index in [-0.39, 0.29) is 48.9 Å². The average Bonchev–Trinajstić information content (AvgIpc) is 3.48. The summed E-state index contributed by atoms with van der Waals surface area (Å²) in [6.07, 6.45) is 9.39. The van der Waals surface area contributed by atoms with Crippen LogP contribution in [-0.4, -0.2) is 20.9 Å². The van der Waals surface area contributed by atoms with Gasteiger partial charge in [-0.25, -0.2) is 4.98 Å². The molecule has 0 fully saturated rings. The molecule has 1 radical (unpaired) electrons. The number of hydrogen-bond donors (Lipinski definition) is 1. The number of aliphatic hydroxyl groups excluding tert-OH is 1. The number of nitrogens with zero attached hydrogens (tertiary/aromatic N) is 2. The molecule has 0 atom stereocenters. The molecule has 0 unspecified atom stereocenters. The Morgan fingerprint density at radius 3 is 2.16 bits per heavy atom. The summed E-state index contributed by atoms with van der Waals surface area (Å²) in [6.45, 7) is 19.3. The van der Waals surface area contributed by atoms with Crippen molar-refractivity contribution < 1.29 is 34.4 Å². The van der Waals surface area contributed by atoms with Gasteiger partial charge in [-0.1, -0.05) is 104 Å². The third-order valence-electron chi connectivity index (χ3n) is 9.17. The molecule has 5 aromatic rings. The van der Waals surface area contributed by atoms with Crippen LogP contribution >= 0.6 is 0 Å². The number of rotatable bonds is 11. The Bertz CT molecular complexity index is 1860. The Hall–Kier alpha value is -3.60. The van der Waals surface area contributed by atoms with E-state index in [0.29, 0.717) is 5.92 Å². The number of benzene rings is 3. The molecular weight excluding hydrogens is 785 g/mol. The summed E-state index contributed by atoms with van der Waals surface area (Å²) < 4.78 is 5.92. The van der Waals surface area contributed by atoms with E-state index >= 15 is 0 Å². The van der Waals surface area contributed by atoms with E-state index in [9.17, 15) is 9.90 Å². The fraction of sp³-hybridized carbons (Fsp3) is 0.419. The van der Waals surface area contributed by atoms with E-state index < -0.39 is 0 Å². The monoisotopic (exact) mass is 838 g/mol. The molecule has 49 heavy (non-hydrogen) atoms. The Morgan fingerprint density at radius 1 is 0.878 bits per heavy atom. The maximum atomic E-state index is 11.7. The van der Waals surface area contributed by atoms with Crippen LogP contribution in [0.1, 0.15) is 99.1 Å². The standard InChI is InChI=1S/C30H29N2O.C13H24O2.Ir/c1-19(2)12-20-10-11-24-25(17-33-29(24)13-20)28-16-27(31-18-32-28)22-14-21-8-6-7-9-23(21)26(15-22)30(3,4)5;1-5-10(6-2)12(14)9-13(15)11(7-3)8-4;/h6-11,13,15-19H,12H2,1-5H3;9-11,14H,5-8H2,1-4H3;/q-1;;/b;12-9-;. The van der Waals surface area contributed by atoms with Crippen LogP contribution in [0.4, 0.5) is 0 Å². The van der Waals surface area contributed by atoms with Gasteiger partial charge in [-0.3, -0.25) is 9.78 Å². The minimum Gasteiger partial charge on any atom is -0.512 e. The van der Waals surface area contributed by atoms with E-state index in [1.165, 1.54) is 22.6 Å². The summed E-state index contributed by atoms with van der Waals surface area (Å²) in [4.78, 5) is 20.9. The molecule has 0 aliphatic heterocycles. The second kappa shape index (κ2) is 17.9. The molecule has 0 aliphatic carbocycles. The Morgan fingerprint density at radius 2 is 1.53 bits per heavy atom. The first-order valence-electron chi connectivity index (χ1n) is 17.6. The van der Waals surface area contributed by atoms with Crippen LogP contribution in [0.5, 0.6) is 0 Å². The van der Waals surface area contributed by atoms with Crippen molar-refractivity contribution in [2.45, 2.75) is 99.8 Å². The molecule has 6 heteroatoms. The summed E-state index contributed by atoms with van der Waals surface area (Å²) in [5.41, 5.74) is 7.18. The number of carbonyl (C=O) groups is 1. The minimum absolute atomic E-state index is 0. The summed E-state index contributed by atoms with van der Waals surface area (Å²) in [6, 6.07) is 22.8. The molecule has 0 spiro atoms. The second-order valence-corrected chi connectivity index (χ2v) is 14.3. The Labute approximate surface area is 307 Å². The van der Waals surface area contributed by atoms with Gasteiger partial charge >= 0.3 is 0 Å². The third-order valence-corrected chi connectivity index (χ3v) is 9.17. The van der Waals surface area contributed by atoms with Crippen molar-refractivity contribution in [1.29, 1.82) is 0 Å². The van der Waals surface area contributed by atoms with Crippen LogP contribution in [0.15, 0.2) is 83.4 Å². The molecular formula is C43H53IrN2O3-. The molecule has 263 valence electrons. The van der Waals surface area contributed by atoms with Crippen molar-refractivity contribution >= 4 is 27.5 Å². The van der Waals surface area contributed by atoms with Gasteiger partial charge in [0.05, 0.1) is 11.5 Å². The molecule has 0 saturated heterocycles. The summed E-state index contributed by atoms with van der Waals surface area (Å²) in [7, 11) is 0. The summed E-state index contributed by atoms with van der Waals surface area (Å²) >= 11 is 0. The minimum atomic E-state index is 0. The van der Waals surface area contributed by atoms with Crippen molar-refractivity contribution in [3.63, 3.8) is 0 Å². The average molecular weight is 838 g/mol. The molecule has 2 aromatic heterocycles. The van der Waals surface area contributed by atoms with E-state index in [2.05, 4.69) is 99.2 Å². The zero-order valence-corrected chi connectivity index (χ0v) is 33.1. The number of fused-ring (bicyclic) bond motifs is 2. The molecule has 5 nitrogen and oxygen atoms in total. The normalized spacial score (nSPS) is 12.0. The van der Waals surface area contributed by atoms with Gasteiger partial charge in [-0.2, -0.15) is 0 Å². The van der Waals surface area contributed by atoms with Crippen LogP contribution in [0.2, 0.25) is 0 Å². The van der Waals surface area contributed by atoms with E-state index in [1.54, 1.807) is 12.6 Å². The van der Waals surface area contributed by atoms with E-state index in [0.717, 1.165) is 71.0 Å². The zero-order chi connectivity index (χ0) is 35.0. The first kappa shape index (κ1) is 39.8. The van der Waals surface area contributed by atoms with E-state index in [4.69, 9.17) is 4.42 Å². The summed E-state index contributed by atoms with van der Waals surface area (Å²) in [5, 5.41) is 13.2. The van der Waals surface area contributed by atoms with Crippen LogP contribution in [0.3, 0.4) is 0 Å². The van der Waals surface area contributed by atoms with Gasteiger partial charge in [0.25, 0.3) is 0 Å². The van der Waals surface area contributed by atoms with Gasteiger partial charge in [0.2, 0.25) is 0 Å². The number of carbonyl (C=O) groups excluding carboxylic acids is 1. The van der Waals surface area contributed by atoms with Crippen LogP contribution in [-0.2, 0) is 36.7 Å². The fourth-order valence-electron chi connectivity index (χ4n) is 6.29. The number of ketones is 1. The van der Waals surface area contributed by atoms with Crippen molar-refractivity contribution in [2.24, 2.45) is 17.8 Å². The smallest absolute Gasteiger partial charge is 0.162 e. The largest absolute Gasteiger partial charge is 0.512 e. The predicted octanol–water partition coefficient (Wildman–Crippen LogP) is 11.9. The van der Waals surface area contributed by atoms with Crippen molar-refractivity contribution in [2.75, 3.05) is 0 Å². The number of aliphatic hydroxyl groups is 1. The molecule has 0 amide bonds. The SMILES string of the molecule is CC(C)Cc1ccc2c(-c3cc(-c4[c-]c5ccccc5c(C(C)(C)C)c4)ncn3)coc2c1.CCC(CC)C(=O)/C=C(\O)C(CC)CC.[Ir]. The number of furan rings is 1. The molecule has 5 rings (SSSR count). The predicted molar refractivity (Wildman–Crippen MR) is 200 cm³/mol. The van der Waals surface area contributed by atoms with Crippen molar-refractivity contribution in [3.05, 3.63) is 96.2 Å². The van der Waals surface area contributed by atoms with Gasteiger partial charge in [0.15, 0.2) is 5.78 Å². The van der Waals surface area contributed by atoms with E-state index in [1.807, 2.05) is 33.8 Å². The zero-order valence-electron chi connectivity index (χ0n) is 30.7. The fourth-order valence-corrected chi connectivity index (χ4v) is 6.29. The first-order valence-corrected chi connectivity index (χ1v) is 17.6. The van der Waals surface area contributed by atoms with Crippen LogP contribution in [0.25, 0.3) is 44.3 Å². The quantitative estimate of drug-likeness (QED) is 0.0815. The third kappa shape index (κ3) is 9.99. The molecule has 2 heterocycles. The maximum Gasteiger partial charge on any atom is 0.162 e. The Kier molecular flexibility index (Phi) is 14.5. The van der Waals surface area contributed by atoms with Gasteiger partial charge in [0.1, 0.15) is 18.2 Å². The molecule has 1 N–H and O–H groups in total. The van der Waals surface area contributed by atoms with Gasteiger partial charge in [-0.05, 0) is 61.1 Å². The number of allylic oxidation sites excluding steroid dienone is 2. The Balaban J connectivity index is 0.000000347. The van der Waals surface area contributed by atoms with Crippen LogP contribution in [0, 0.1) is 23.8 Å². The first-order chi connectivity index (χ1) is 22.9. The van der Waals surface area contributed by atoms with Gasteiger partial charge in [0, 0.05) is 54.7 Å². The maximum absolute atomic E-state index is 11.7. The second-order valence-electron chi connectivity index (χ2n) is 14.3. The molecule has 3 aromatic carbocycles. The van der Waals surface area contributed by atoms with Crippen molar-refractivity contribution in [1.82, 2.24) is 9.97 Å². The molecule has 0 saturated carbocycles. The van der Waals surface area contributed by atoms with Gasteiger partial charge in [-0.15, -0.1) is 29.1 Å². The molecule has 0 aliphatic rings. The van der Waals surface area contributed by atoms with Gasteiger partial charge < -0.3 is 9.52 Å². The number of hydrogen-bond acceptors (Lipinski definition) is 5. The van der Waals surface area contributed by atoms with Crippen molar-refractivity contribution in [3.8, 4) is 22.5 Å². The summed E-state index contributed by atoms with van der Waals surface area (Å²) in [5.74, 6) is 1.16. The van der Waals surface area contributed by atoms with Crippen LogP contribution < -0.4 is 0 Å². The number of aromatic nitrogens is 2. The molecule has 0 bridgehead atoms. The topological polar surface area (TPSA) is 76.2 Å².